The van der Waals surface area contributed by atoms with Gasteiger partial charge in [0.1, 0.15) is 17.7 Å². The maximum atomic E-state index is 13.8. The summed E-state index contributed by atoms with van der Waals surface area (Å²) in [5.41, 5.74) is 4.92. The lowest BCUT2D eigenvalue weighted by Crippen LogP contribution is -2.50. The number of benzene rings is 1. The Kier molecular flexibility index (Phi) is 7.80. The average Bonchev–Trinajstić information content (AvgIpc) is 2.50. The van der Waals surface area contributed by atoms with Gasteiger partial charge in [-0.2, -0.15) is 11.8 Å². The molecule has 23 heavy (non-hydrogen) atoms. The lowest BCUT2D eigenvalue weighted by atomic mass is 10.1. The van der Waals surface area contributed by atoms with Crippen LogP contribution in [0.25, 0.3) is 0 Å². The molecule has 1 aromatic rings. The van der Waals surface area contributed by atoms with Gasteiger partial charge < -0.3 is 16.0 Å². The Labute approximate surface area is 138 Å². The first kappa shape index (κ1) is 19.2. The highest BCUT2D eigenvalue weighted by Crippen LogP contribution is 2.16. The van der Waals surface area contributed by atoms with Crippen LogP contribution in [0.2, 0.25) is 0 Å². The molecule has 0 heterocycles. The van der Waals surface area contributed by atoms with Crippen molar-refractivity contribution in [2.24, 2.45) is 5.73 Å². The first-order valence-corrected chi connectivity index (χ1v) is 8.56. The van der Waals surface area contributed by atoms with Crippen LogP contribution in [-0.2, 0) is 11.3 Å². The van der Waals surface area contributed by atoms with Crippen molar-refractivity contribution in [1.29, 1.82) is 0 Å². The van der Waals surface area contributed by atoms with Crippen molar-refractivity contribution < 1.29 is 18.4 Å². The lowest BCUT2D eigenvalue weighted by Gasteiger charge is -2.26. The van der Waals surface area contributed by atoms with Crippen molar-refractivity contribution in [1.82, 2.24) is 10.2 Å². The van der Waals surface area contributed by atoms with E-state index < -0.39 is 29.6 Å². The second-order valence-corrected chi connectivity index (χ2v) is 5.88. The molecule has 128 valence electrons. The molecule has 3 amide bonds. The second-order valence-electron chi connectivity index (χ2n) is 4.90. The van der Waals surface area contributed by atoms with Crippen LogP contribution < -0.4 is 11.1 Å². The number of rotatable bonds is 8. The molecule has 0 spiro atoms. The molecule has 1 aromatic carbocycles. The van der Waals surface area contributed by atoms with Crippen molar-refractivity contribution in [3.05, 3.63) is 35.4 Å². The van der Waals surface area contributed by atoms with Crippen LogP contribution in [0.15, 0.2) is 18.2 Å². The molecule has 0 saturated heterocycles. The molecule has 0 fully saturated rings. The van der Waals surface area contributed by atoms with E-state index in [0.717, 1.165) is 12.1 Å². The van der Waals surface area contributed by atoms with Crippen LogP contribution >= 0.6 is 11.8 Å². The Morgan fingerprint density at radius 1 is 1.35 bits per heavy atom. The Bertz CT molecular complexity index is 537. The summed E-state index contributed by atoms with van der Waals surface area (Å²) in [6, 6.07) is 1.93. The van der Waals surface area contributed by atoms with E-state index in [4.69, 9.17) is 5.73 Å². The normalized spacial score (nSPS) is 11.8. The Morgan fingerprint density at radius 2 is 1.96 bits per heavy atom. The van der Waals surface area contributed by atoms with E-state index in [1.165, 1.54) is 22.7 Å². The van der Waals surface area contributed by atoms with Crippen molar-refractivity contribution >= 4 is 23.7 Å². The van der Waals surface area contributed by atoms with Gasteiger partial charge in [-0.05, 0) is 37.5 Å². The van der Waals surface area contributed by atoms with Crippen LogP contribution in [0, 0.1) is 11.6 Å². The van der Waals surface area contributed by atoms with Gasteiger partial charge in [0.05, 0.1) is 6.54 Å². The van der Waals surface area contributed by atoms with Gasteiger partial charge in [-0.3, -0.25) is 4.79 Å². The number of amides is 3. The van der Waals surface area contributed by atoms with Crippen LogP contribution in [0.4, 0.5) is 13.6 Å². The van der Waals surface area contributed by atoms with E-state index in [1.807, 2.05) is 6.26 Å². The maximum absolute atomic E-state index is 13.8. The van der Waals surface area contributed by atoms with Gasteiger partial charge in [-0.1, -0.05) is 6.07 Å². The standard InChI is InChI=1S/C15H21F2N3O2S/c1-3-20(9-10-11(16)5-4-6-12(10)17)14(21)13(7-8-23-2)19-15(18)22/h4-6,13H,3,7-9H2,1-2H3,(H3,18,19,22)/t13-/m1/s1. The molecule has 0 bridgehead atoms. The summed E-state index contributed by atoms with van der Waals surface area (Å²) < 4.78 is 27.5. The number of hydrogen-bond acceptors (Lipinski definition) is 3. The molecular formula is C15H21F2N3O2S. The summed E-state index contributed by atoms with van der Waals surface area (Å²) in [7, 11) is 0. The molecule has 8 heteroatoms. The minimum Gasteiger partial charge on any atom is -0.352 e. The van der Waals surface area contributed by atoms with E-state index in [-0.39, 0.29) is 18.7 Å². The quantitative estimate of drug-likeness (QED) is 0.758. The number of halogens is 2. The van der Waals surface area contributed by atoms with Crippen molar-refractivity contribution in [3.63, 3.8) is 0 Å². The Morgan fingerprint density at radius 3 is 2.43 bits per heavy atom. The first-order valence-electron chi connectivity index (χ1n) is 7.17. The number of nitrogens with zero attached hydrogens (tertiary/aromatic N) is 1. The van der Waals surface area contributed by atoms with E-state index >= 15 is 0 Å². The Hall–Kier alpha value is -1.83. The third kappa shape index (κ3) is 5.70. The monoisotopic (exact) mass is 345 g/mol. The maximum Gasteiger partial charge on any atom is 0.312 e. The van der Waals surface area contributed by atoms with Crippen molar-refractivity contribution in [2.45, 2.75) is 25.9 Å². The zero-order chi connectivity index (χ0) is 17.4. The summed E-state index contributed by atoms with van der Waals surface area (Å²) >= 11 is 1.52. The molecular weight excluding hydrogens is 324 g/mol. The molecule has 1 rings (SSSR count). The Balaban J connectivity index is 2.92. The van der Waals surface area contributed by atoms with Crippen LogP contribution in [0.3, 0.4) is 0 Å². The average molecular weight is 345 g/mol. The number of likely N-dealkylation sites (N-methyl/N-ethyl adjacent to an activating group) is 1. The van der Waals surface area contributed by atoms with Crippen molar-refractivity contribution in [2.75, 3.05) is 18.6 Å². The van der Waals surface area contributed by atoms with Gasteiger partial charge in [-0.25, -0.2) is 13.6 Å². The summed E-state index contributed by atoms with van der Waals surface area (Å²) in [6.07, 6.45) is 2.26. The van der Waals surface area contributed by atoms with Crippen molar-refractivity contribution in [3.8, 4) is 0 Å². The summed E-state index contributed by atoms with van der Waals surface area (Å²) in [4.78, 5) is 24.9. The largest absolute Gasteiger partial charge is 0.352 e. The predicted molar refractivity (Wildman–Crippen MR) is 87.0 cm³/mol. The third-order valence-electron chi connectivity index (χ3n) is 3.33. The van der Waals surface area contributed by atoms with Gasteiger partial charge in [0.2, 0.25) is 5.91 Å². The van der Waals surface area contributed by atoms with Gasteiger partial charge in [0.15, 0.2) is 0 Å². The number of primary amides is 1. The number of thioether (sulfide) groups is 1. The first-order chi connectivity index (χ1) is 10.9. The third-order valence-corrected chi connectivity index (χ3v) is 3.97. The minimum atomic E-state index is -0.810. The molecule has 0 unspecified atom stereocenters. The van der Waals surface area contributed by atoms with E-state index in [2.05, 4.69) is 5.32 Å². The summed E-state index contributed by atoms with van der Waals surface area (Å²) in [6.45, 7) is 1.75. The molecule has 0 radical (unpaired) electrons. The van der Waals surface area contributed by atoms with Crippen LogP contribution in [0.5, 0.6) is 0 Å². The van der Waals surface area contributed by atoms with E-state index in [9.17, 15) is 18.4 Å². The fourth-order valence-electron chi connectivity index (χ4n) is 2.10. The molecule has 0 aliphatic rings. The molecule has 0 aromatic heterocycles. The minimum absolute atomic E-state index is 0.176. The summed E-state index contributed by atoms with van der Waals surface area (Å²) in [5.74, 6) is -1.19. The van der Waals surface area contributed by atoms with E-state index in [0.29, 0.717) is 12.2 Å². The van der Waals surface area contributed by atoms with Crippen LogP contribution in [0.1, 0.15) is 18.9 Å². The van der Waals surface area contributed by atoms with Crippen LogP contribution in [-0.4, -0.2) is 41.4 Å². The smallest absolute Gasteiger partial charge is 0.312 e. The van der Waals surface area contributed by atoms with Gasteiger partial charge >= 0.3 is 6.03 Å². The molecule has 1 atom stereocenters. The number of carbonyl (C=O) groups excluding carboxylic acids is 2. The van der Waals surface area contributed by atoms with Gasteiger partial charge in [0.25, 0.3) is 0 Å². The SMILES string of the molecule is CCN(Cc1c(F)cccc1F)C(=O)[C@@H](CCSC)NC(N)=O. The lowest BCUT2D eigenvalue weighted by molar-refractivity contribution is -0.133. The topological polar surface area (TPSA) is 75.4 Å². The molecule has 0 aliphatic carbocycles. The molecule has 3 N–H and O–H groups in total. The molecule has 5 nitrogen and oxygen atoms in total. The number of carbonyl (C=O) groups is 2. The molecule has 0 saturated carbocycles. The zero-order valence-corrected chi connectivity index (χ0v) is 14.0. The van der Waals surface area contributed by atoms with E-state index in [1.54, 1.807) is 6.92 Å². The van der Waals surface area contributed by atoms with Gasteiger partial charge in [-0.15, -0.1) is 0 Å². The fourth-order valence-corrected chi connectivity index (χ4v) is 2.58. The highest BCUT2D eigenvalue weighted by Gasteiger charge is 2.25. The number of nitrogens with two attached hydrogens (primary N) is 1. The second kappa shape index (κ2) is 9.34. The predicted octanol–water partition coefficient (Wildman–Crippen LogP) is 2.10. The molecule has 0 aliphatic heterocycles. The number of urea groups is 1. The highest BCUT2D eigenvalue weighted by atomic mass is 32.2. The van der Waals surface area contributed by atoms with Gasteiger partial charge in [0, 0.05) is 12.1 Å². The highest BCUT2D eigenvalue weighted by molar-refractivity contribution is 7.98. The number of nitrogens with one attached hydrogen (secondary N) is 1. The summed E-state index contributed by atoms with van der Waals surface area (Å²) in [5, 5.41) is 2.39. The zero-order valence-electron chi connectivity index (χ0n) is 13.1. The number of hydrogen-bond donors (Lipinski definition) is 2. The fraction of sp³-hybridized carbons (Fsp3) is 0.467.